The summed E-state index contributed by atoms with van der Waals surface area (Å²) in [7, 11) is 0. The van der Waals surface area contributed by atoms with Crippen LogP contribution in [0.1, 0.15) is 19.3 Å². The molecule has 2 saturated heterocycles. The second-order valence-electron chi connectivity index (χ2n) is 4.97. The van der Waals surface area contributed by atoms with Crippen molar-refractivity contribution in [1.82, 2.24) is 15.5 Å². The molecule has 0 saturated carbocycles. The van der Waals surface area contributed by atoms with Crippen molar-refractivity contribution < 1.29 is 24.2 Å². The molecule has 2 heterocycles. The van der Waals surface area contributed by atoms with E-state index in [9.17, 15) is 14.4 Å². The third-order valence-electron chi connectivity index (χ3n) is 3.41. The Balaban J connectivity index is 1.85. The highest BCUT2D eigenvalue weighted by Crippen LogP contribution is 2.10. The maximum absolute atomic E-state index is 12.1. The van der Waals surface area contributed by atoms with Gasteiger partial charge in [0.15, 0.2) is 0 Å². The molecule has 2 fully saturated rings. The van der Waals surface area contributed by atoms with Crippen molar-refractivity contribution in [2.45, 2.75) is 31.4 Å². The topological polar surface area (TPSA) is 108 Å². The molecule has 3 amide bonds. The minimum atomic E-state index is -0.955. The SMILES string of the molecule is O=C(O)CC1CN(C(=O)NC2CCCNC2=O)CCO1. The molecular formula is C12H19N3O5. The predicted octanol–water partition coefficient (Wildman–Crippen LogP) is -0.850. The molecule has 0 radical (unpaired) electrons. The molecule has 0 aromatic heterocycles. The standard InChI is InChI=1S/C12H19N3O5/c16-10(17)6-8-7-15(4-5-20-8)12(19)14-9-2-1-3-13-11(9)18/h8-9H,1-7H2,(H,13,18)(H,14,19)(H,16,17). The van der Waals surface area contributed by atoms with Crippen molar-refractivity contribution in [2.24, 2.45) is 0 Å². The first-order valence-electron chi connectivity index (χ1n) is 6.73. The summed E-state index contributed by atoms with van der Waals surface area (Å²) in [6.45, 7) is 1.58. The average molecular weight is 285 g/mol. The monoisotopic (exact) mass is 285 g/mol. The Kier molecular flexibility index (Phi) is 4.78. The van der Waals surface area contributed by atoms with Crippen molar-refractivity contribution in [2.75, 3.05) is 26.2 Å². The summed E-state index contributed by atoms with van der Waals surface area (Å²) in [5, 5.41) is 14.1. The number of nitrogens with one attached hydrogen (secondary N) is 2. The quantitative estimate of drug-likeness (QED) is 0.626. The van der Waals surface area contributed by atoms with Crippen LogP contribution < -0.4 is 10.6 Å². The lowest BCUT2D eigenvalue weighted by Gasteiger charge is -2.33. The highest BCUT2D eigenvalue weighted by Gasteiger charge is 2.29. The maximum Gasteiger partial charge on any atom is 0.318 e. The van der Waals surface area contributed by atoms with Crippen LogP contribution in [0, 0.1) is 0 Å². The Bertz CT molecular complexity index is 401. The second kappa shape index (κ2) is 6.56. The van der Waals surface area contributed by atoms with Gasteiger partial charge in [-0.3, -0.25) is 9.59 Å². The minimum Gasteiger partial charge on any atom is -0.481 e. The number of carboxylic acids is 1. The van der Waals surface area contributed by atoms with Gasteiger partial charge in [0, 0.05) is 19.6 Å². The molecule has 0 aliphatic carbocycles. The summed E-state index contributed by atoms with van der Waals surface area (Å²) < 4.78 is 5.30. The van der Waals surface area contributed by atoms with Crippen molar-refractivity contribution >= 4 is 17.9 Å². The van der Waals surface area contributed by atoms with Gasteiger partial charge in [-0.2, -0.15) is 0 Å². The van der Waals surface area contributed by atoms with Gasteiger partial charge in [-0.05, 0) is 12.8 Å². The number of aliphatic carboxylic acids is 1. The van der Waals surface area contributed by atoms with E-state index in [-0.39, 0.29) is 24.9 Å². The zero-order chi connectivity index (χ0) is 14.5. The van der Waals surface area contributed by atoms with E-state index in [1.807, 2.05) is 0 Å². The number of hydrogen-bond donors (Lipinski definition) is 3. The first-order valence-corrected chi connectivity index (χ1v) is 6.73. The van der Waals surface area contributed by atoms with Gasteiger partial charge in [0.25, 0.3) is 0 Å². The summed E-state index contributed by atoms with van der Waals surface area (Å²) in [5.74, 6) is -1.12. The van der Waals surface area contributed by atoms with E-state index in [0.717, 1.165) is 6.42 Å². The minimum absolute atomic E-state index is 0.131. The van der Waals surface area contributed by atoms with Crippen LogP contribution in [0.25, 0.3) is 0 Å². The fourth-order valence-electron chi connectivity index (χ4n) is 2.37. The molecule has 0 aromatic rings. The highest BCUT2D eigenvalue weighted by molar-refractivity contribution is 5.87. The van der Waals surface area contributed by atoms with Crippen LogP contribution in [0.3, 0.4) is 0 Å². The molecular weight excluding hydrogens is 266 g/mol. The van der Waals surface area contributed by atoms with Gasteiger partial charge in [0.2, 0.25) is 5.91 Å². The molecule has 8 nitrogen and oxygen atoms in total. The van der Waals surface area contributed by atoms with Crippen LogP contribution in [-0.2, 0) is 14.3 Å². The molecule has 2 atom stereocenters. The Morgan fingerprint density at radius 3 is 3.00 bits per heavy atom. The molecule has 0 bridgehead atoms. The largest absolute Gasteiger partial charge is 0.481 e. The molecule has 3 N–H and O–H groups in total. The molecule has 0 aromatic carbocycles. The predicted molar refractivity (Wildman–Crippen MR) is 68.1 cm³/mol. The highest BCUT2D eigenvalue weighted by atomic mass is 16.5. The van der Waals surface area contributed by atoms with Gasteiger partial charge in [0.1, 0.15) is 6.04 Å². The summed E-state index contributed by atoms with van der Waals surface area (Å²) in [6, 6.07) is -0.845. The van der Waals surface area contributed by atoms with Crippen molar-refractivity contribution in [3.8, 4) is 0 Å². The molecule has 2 rings (SSSR count). The van der Waals surface area contributed by atoms with Crippen molar-refractivity contribution in [3.05, 3.63) is 0 Å². The number of urea groups is 1. The number of ether oxygens (including phenoxy) is 1. The first kappa shape index (κ1) is 14.6. The number of carbonyl (C=O) groups excluding carboxylic acids is 2. The first-order chi connectivity index (χ1) is 9.56. The third-order valence-corrected chi connectivity index (χ3v) is 3.41. The van der Waals surface area contributed by atoms with Crippen molar-refractivity contribution in [1.29, 1.82) is 0 Å². The van der Waals surface area contributed by atoms with Gasteiger partial charge in [-0.25, -0.2) is 4.79 Å². The lowest BCUT2D eigenvalue weighted by molar-refractivity contribution is -0.141. The molecule has 20 heavy (non-hydrogen) atoms. The zero-order valence-corrected chi connectivity index (χ0v) is 11.1. The molecule has 2 aliphatic rings. The Labute approximate surface area is 116 Å². The van der Waals surface area contributed by atoms with Gasteiger partial charge in [-0.15, -0.1) is 0 Å². The third kappa shape index (κ3) is 3.83. The normalized spacial score (nSPS) is 26.8. The Morgan fingerprint density at radius 1 is 1.50 bits per heavy atom. The number of piperidine rings is 1. The van der Waals surface area contributed by atoms with Gasteiger partial charge >= 0.3 is 12.0 Å². The molecule has 112 valence electrons. The molecule has 0 spiro atoms. The Hall–Kier alpha value is -1.83. The Morgan fingerprint density at radius 2 is 2.30 bits per heavy atom. The second-order valence-corrected chi connectivity index (χ2v) is 4.97. The lowest BCUT2D eigenvalue weighted by Crippen LogP contribution is -2.56. The van der Waals surface area contributed by atoms with Gasteiger partial charge < -0.3 is 25.4 Å². The van der Waals surface area contributed by atoms with Crippen LogP contribution in [0.5, 0.6) is 0 Å². The van der Waals surface area contributed by atoms with Crippen molar-refractivity contribution in [3.63, 3.8) is 0 Å². The van der Waals surface area contributed by atoms with E-state index in [0.29, 0.717) is 26.1 Å². The number of amides is 3. The van der Waals surface area contributed by atoms with Crippen LogP contribution in [0.4, 0.5) is 4.79 Å². The summed E-state index contributed by atoms with van der Waals surface area (Å²) >= 11 is 0. The summed E-state index contributed by atoms with van der Waals surface area (Å²) in [6.07, 6.45) is 0.836. The lowest BCUT2D eigenvalue weighted by atomic mass is 10.1. The fourth-order valence-corrected chi connectivity index (χ4v) is 2.37. The molecule has 8 heteroatoms. The summed E-state index contributed by atoms with van der Waals surface area (Å²) in [5.41, 5.74) is 0. The van der Waals surface area contributed by atoms with Crippen LogP contribution >= 0.6 is 0 Å². The van der Waals surface area contributed by atoms with Crippen LogP contribution in [-0.4, -0.2) is 66.3 Å². The van der Waals surface area contributed by atoms with E-state index >= 15 is 0 Å². The van der Waals surface area contributed by atoms with E-state index < -0.39 is 18.1 Å². The number of rotatable bonds is 3. The van der Waals surface area contributed by atoms with Gasteiger partial charge in [0.05, 0.1) is 19.1 Å². The van der Waals surface area contributed by atoms with Crippen LogP contribution in [0.15, 0.2) is 0 Å². The van der Waals surface area contributed by atoms with E-state index in [2.05, 4.69) is 10.6 Å². The maximum atomic E-state index is 12.1. The number of morpholine rings is 1. The van der Waals surface area contributed by atoms with E-state index in [4.69, 9.17) is 9.84 Å². The van der Waals surface area contributed by atoms with Crippen LogP contribution in [0.2, 0.25) is 0 Å². The molecule has 2 unspecified atom stereocenters. The smallest absolute Gasteiger partial charge is 0.318 e. The number of carbonyl (C=O) groups is 3. The van der Waals surface area contributed by atoms with E-state index in [1.165, 1.54) is 4.90 Å². The van der Waals surface area contributed by atoms with E-state index in [1.54, 1.807) is 0 Å². The fraction of sp³-hybridized carbons (Fsp3) is 0.750. The summed E-state index contributed by atoms with van der Waals surface area (Å²) in [4.78, 5) is 35.8. The average Bonchev–Trinajstić information content (AvgIpc) is 2.41. The van der Waals surface area contributed by atoms with Gasteiger partial charge in [-0.1, -0.05) is 0 Å². The zero-order valence-electron chi connectivity index (χ0n) is 11.1. The number of nitrogens with zero attached hydrogens (tertiary/aromatic N) is 1. The molecule has 2 aliphatic heterocycles. The number of carboxylic acid groups (broad SMARTS) is 1. The number of hydrogen-bond acceptors (Lipinski definition) is 4.